The molecule has 0 bridgehead atoms. The van der Waals surface area contributed by atoms with Crippen molar-refractivity contribution in [1.82, 2.24) is 9.55 Å². The molecule has 1 heterocycles. The van der Waals surface area contributed by atoms with Crippen molar-refractivity contribution >= 4 is 27.0 Å². The lowest BCUT2D eigenvalue weighted by Gasteiger charge is -2.14. The standard InChI is InChI=1S/C18H19BrN2/c1-3-13(2)12-21-17-10-5-4-9-16(17)20-18(21)14-7-6-8-15(19)11-14/h4-11,13H,3,12H2,1-2H3/t13-/m1/s1. The Morgan fingerprint density at radius 2 is 1.95 bits per heavy atom. The van der Waals surface area contributed by atoms with Crippen LogP contribution in [0.3, 0.4) is 0 Å². The van der Waals surface area contributed by atoms with Crippen LogP contribution >= 0.6 is 15.9 Å². The van der Waals surface area contributed by atoms with Gasteiger partial charge in [0.2, 0.25) is 0 Å². The van der Waals surface area contributed by atoms with E-state index in [2.05, 4.69) is 70.7 Å². The van der Waals surface area contributed by atoms with Gasteiger partial charge in [0.05, 0.1) is 11.0 Å². The summed E-state index contributed by atoms with van der Waals surface area (Å²) in [5, 5.41) is 0. The van der Waals surface area contributed by atoms with Crippen LogP contribution in [0.1, 0.15) is 20.3 Å². The molecule has 0 aliphatic heterocycles. The zero-order chi connectivity index (χ0) is 14.8. The number of benzene rings is 2. The molecule has 0 radical (unpaired) electrons. The van der Waals surface area contributed by atoms with Gasteiger partial charge < -0.3 is 4.57 Å². The normalized spacial score (nSPS) is 12.7. The molecule has 0 amide bonds. The number of para-hydroxylation sites is 2. The number of hydrogen-bond donors (Lipinski definition) is 0. The van der Waals surface area contributed by atoms with E-state index >= 15 is 0 Å². The number of halogens is 1. The third-order valence-electron chi connectivity index (χ3n) is 3.93. The molecule has 108 valence electrons. The van der Waals surface area contributed by atoms with Crippen LogP contribution in [0, 0.1) is 5.92 Å². The Hall–Kier alpha value is -1.61. The van der Waals surface area contributed by atoms with E-state index in [0.717, 1.165) is 27.9 Å². The monoisotopic (exact) mass is 342 g/mol. The predicted molar refractivity (Wildman–Crippen MR) is 92.3 cm³/mol. The smallest absolute Gasteiger partial charge is 0.141 e. The fourth-order valence-corrected chi connectivity index (χ4v) is 2.95. The first-order valence-corrected chi connectivity index (χ1v) is 8.19. The van der Waals surface area contributed by atoms with Crippen molar-refractivity contribution in [3.8, 4) is 11.4 Å². The van der Waals surface area contributed by atoms with E-state index in [9.17, 15) is 0 Å². The topological polar surface area (TPSA) is 17.8 Å². The lowest BCUT2D eigenvalue weighted by molar-refractivity contribution is 0.478. The van der Waals surface area contributed by atoms with Crippen LogP contribution < -0.4 is 0 Å². The van der Waals surface area contributed by atoms with Gasteiger partial charge in [-0.25, -0.2) is 4.98 Å². The second-order valence-electron chi connectivity index (χ2n) is 5.56. The molecule has 1 atom stereocenters. The van der Waals surface area contributed by atoms with E-state index in [-0.39, 0.29) is 0 Å². The highest BCUT2D eigenvalue weighted by Gasteiger charge is 2.14. The number of aromatic nitrogens is 2. The van der Waals surface area contributed by atoms with Crippen LogP contribution in [0.15, 0.2) is 53.0 Å². The number of fused-ring (bicyclic) bond motifs is 1. The molecule has 0 aliphatic rings. The minimum atomic E-state index is 0.633. The quantitative estimate of drug-likeness (QED) is 0.611. The Kier molecular flexibility index (Phi) is 4.11. The minimum Gasteiger partial charge on any atom is -0.324 e. The molecule has 2 nitrogen and oxygen atoms in total. The Bertz CT molecular complexity index is 761. The van der Waals surface area contributed by atoms with Crippen molar-refractivity contribution < 1.29 is 0 Å². The molecule has 3 aromatic rings. The fourth-order valence-electron chi connectivity index (χ4n) is 2.55. The summed E-state index contributed by atoms with van der Waals surface area (Å²) in [5.74, 6) is 1.69. The van der Waals surface area contributed by atoms with Crippen LogP contribution in [0.4, 0.5) is 0 Å². The maximum Gasteiger partial charge on any atom is 0.141 e. The molecule has 0 spiro atoms. The first-order chi connectivity index (χ1) is 10.2. The number of hydrogen-bond acceptors (Lipinski definition) is 1. The summed E-state index contributed by atoms with van der Waals surface area (Å²) in [7, 11) is 0. The van der Waals surface area contributed by atoms with Gasteiger partial charge in [-0.15, -0.1) is 0 Å². The molecule has 0 unspecified atom stereocenters. The van der Waals surface area contributed by atoms with Crippen molar-refractivity contribution in [1.29, 1.82) is 0 Å². The second kappa shape index (κ2) is 6.02. The lowest BCUT2D eigenvalue weighted by Crippen LogP contribution is -2.08. The molecular formula is C18H19BrN2. The highest BCUT2D eigenvalue weighted by Crippen LogP contribution is 2.28. The number of nitrogens with zero attached hydrogens (tertiary/aromatic N) is 2. The van der Waals surface area contributed by atoms with Crippen molar-refractivity contribution in [3.05, 3.63) is 53.0 Å². The van der Waals surface area contributed by atoms with Crippen LogP contribution in [0.2, 0.25) is 0 Å². The first-order valence-electron chi connectivity index (χ1n) is 7.40. The lowest BCUT2D eigenvalue weighted by atomic mass is 10.1. The minimum absolute atomic E-state index is 0.633. The summed E-state index contributed by atoms with van der Waals surface area (Å²) >= 11 is 3.56. The third-order valence-corrected chi connectivity index (χ3v) is 4.42. The van der Waals surface area contributed by atoms with Crippen LogP contribution in [-0.2, 0) is 6.54 Å². The molecule has 3 heteroatoms. The summed E-state index contributed by atoms with van der Waals surface area (Å²) in [6.45, 7) is 5.53. The number of imidazole rings is 1. The van der Waals surface area contributed by atoms with Gasteiger partial charge in [0, 0.05) is 16.6 Å². The summed E-state index contributed by atoms with van der Waals surface area (Å²) < 4.78 is 3.44. The highest BCUT2D eigenvalue weighted by atomic mass is 79.9. The van der Waals surface area contributed by atoms with Gasteiger partial charge in [-0.3, -0.25) is 0 Å². The van der Waals surface area contributed by atoms with E-state index < -0.39 is 0 Å². The molecule has 3 rings (SSSR count). The van der Waals surface area contributed by atoms with Crippen LogP contribution in [0.5, 0.6) is 0 Å². The molecule has 1 aromatic heterocycles. The van der Waals surface area contributed by atoms with Crippen molar-refractivity contribution in [2.45, 2.75) is 26.8 Å². The van der Waals surface area contributed by atoms with Gasteiger partial charge in [0.1, 0.15) is 5.82 Å². The zero-order valence-electron chi connectivity index (χ0n) is 12.4. The van der Waals surface area contributed by atoms with Crippen LogP contribution in [-0.4, -0.2) is 9.55 Å². The Labute approximate surface area is 134 Å². The number of rotatable bonds is 4. The molecule has 2 aromatic carbocycles. The molecule has 0 aliphatic carbocycles. The van der Waals surface area contributed by atoms with Gasteiger partial charge in [-0.05, 0) is 30.2 Å². The van der Waals surface area contributed by atoms with E-state index in [1.54, 1.807) is 0 Å². The molecule has 0 N–H and O–H groups in total. The summed E-state index contributed by atoms with van der Waals surface area (Å²) in [5.41, 5.74) is 3.44. The van der Waals surface area contributed by atoms with Crippen molar-refractivity contribution in [2.24, 2.45) is 5.92 Å². The van der Waals surface area contributed by atoms with Gasteiger partial charge in [-0.1, -0.05) is 60.5 Å². The Morgan fingerprint density at radius 1 is 1.14 bits per heavy atom. The predicted octanol–water partition coefficient (Wildman–Crippen LogP) is 5.51. The molecule has 0 fully saturated rings. The van der Waals surface area contributed by atoms with E-state index in [0.29, 0.717) is 5.92 Å². The highest BCUT2D eigenvalue weighted by molar-refractivity contribution is 9.10. The Morgan fingerprint density at radius 3 is 2.71 bits per heavy atom. The van der Waals surface area contributed by atoms with E-state index in [1.165, 1.54) is 11.9 Å². The molecule has 0 saturated carbocycles. The summed E-state index contributed by atoms with van der Waals surface area (Å²) in [6, 6.07) is 16.7. The largest absolute Gasteiger partial charge is 0.324 e. The van der Waals surface area contributed by atoms with E-state index in [1.807, 2.05) is 12.1 Å². The summed E-state index contributed by atoms with van der Waals surface area (Å²) in [4.78, 5) is 4.85. The second-order valence-corrected chi connectivity index (χ2v) is 6.47. The average Bonchev–Trinajstić information content (AvgIpc) is 2.86. The van der Waals surface area contributed by atoms with Gasteiger partial charge in [-0.2, -0.15) is 0 Å². The maximum absolute atomic E-state index is 4.85. The molecular weight excluding hydrogens is 324 g/mol. The van der Waals surface area contributed by atoms with Gasteiger partial charge >= 0.3 is 0 Å². The third kappa shape index (κ3) is 2.88. The Balaban J connectivity index is 2.18. The molecule has 0 saturated heterocycles. The van der Waals surface area contributed by atoms with Crippen molar-refractivity contribution in [3.63, 3.8) is 0 Å². The van der Waals surface area contributed by atoms with Crippen molar-refractivity contribution in [2.75, 3.05) is 0 Å². The average molecular weight is 343 g/mol. The van der Waals surface area contributed by atoms with Crippen LogP contribution in [0.25, 0.3) is 22.4 Å². The van der Waals surface area contributed by atoms with E-state index in [4.69, 9.17) is 4.98 Å². The molecule has 21 heavy (non-hydrogen) atoms. The fraction of sp³-hybridized carbons (Fsp3) is 0.278. The first kappa shape index (κ1) is 14.3. The zero-order valence-corrected chi connectivity index (χ0v) is 14.0. The van der Waals surface area contributed by atoms with Gasteiger partial charge in [0.25, 0.3) is 0 Å². The van der Waals surface area contributed by atoms with Gasteiger partial charge in [0.15, 0.2) is 0 Å². The summed E-state index contributed by atoms with van der Waals surface area (Å²) in [6.07, 6.45) is 1.17. The maximum atomic E-state index is 4.85. The SMILES string of the molecule is CC[C@@H](C)Cn1c(-c2cccc(Br)c2)nc2ccccc21.